The minimum Gasteiger partial charge on any atom is -0.494 e. The Kier molecular flexibility index (Phi) is 7.43. The lowest BCUT2D eigenvalue weighted by atomic mass is 9.71. The van der Waals surface area contributed by atoms with Gasteiger partial charge in [-0.3, -0.25) is 19.6 Å². The van der Waals surface area contributed by atoms with Gasteiger partial charge in [0.15, 0.2) is 6.61 Å². The van der Waals surface area contributed by atoms with Crippen molar-refractivity contribution in [3.8, 4) is 5.75 Å². The number of hydrogen-bond acceptors (Lipinski definition) is 6. The molecule has 6 rings (SSSR count). The summed E-state index contributed by atoms with van der Waals surface area (Å²) in [6.07, 6.45) is -2.99. The fraction of sp³-hybridized carbons (Fsp3) is 0.406. The number of carbonyl (C=O) groups excluding carboxylic acids is 2. The van der Waals surface area contributed by atoms with Crippen LogP contribution < -0.4 is 10.1 Å². The fourth-order valence-electron chi connectivity index (χ4n) is 6.45. The molecular formula is C32H32ClF3N4O5. The fourth-order valence-corrected chi connectivity index (χ4v) is 6.58. The molecule has 4 unspecified atom stereocenters. The summed E-state index contributed by atoms with van der Waals surface area (Å²) in [5, 5.41) is 3.42. The third-order valence-electron chi connectivity index (χ3n) is 8.49. The van der Waals surface area contributed by atoms with E-state index in [4.69, 9.17) is 30.8 Å². The highest BCUT2D eigenvalue weighted by Crippen LogP contribution is 2.58. The third kappa shape index (κ3) is 5.13. The molecule has 2 aromatic rings. The highest BCUT2D eigenvalue weighted by molar-refractivity contribution is 6.30. The molecule has 3 heterocycles. The van der Waals surface area contributed by atoms with Gasteiger partial charge in [0, 0.05) is 12.1 Å². The lowest BCUT2D eigenvalue weighted by molar-refractivity contribution is -0.153. The minimum absolute atomic E-state index is 0.0109. The molecule has 0 radical (unpaired) electrons. The van der Waals surface area contributed by atoms with Gasteiger partial charge < -0.3 is 19.5 Å². The van der Waals surface area contributed by atoms with Crippen LogP contribution in [-0.2, 0) is 14.3 Å². The van der Waals surface area contributed by atoms with E-state index in [2.05, 4.69) is 5.32 Å². The van der Waals surface area contributed by atoms with Crippen molar-refractivity contribution in [2.24, 2.45) is 10.4 Å². The van der Waals surface area contributed by atoms with Gasteiger partial charge in [-0.1, -0.05) is 35.9 Å². The Morgan fingerprint density at radius 3 is 2.47 bits per heavy atom. The van der Waals surface area contributed by atoms with Gasteiger partial charge in [-0.15, -0.1) is 0 Å². The summed E-state index contributed by atoms with van der Waals surface area (Å²) >= 11 is 6.22. The van der Waals surface area contributed by atoms with Crippen molar-refractivity contribution in [2.75, 3.05) is 20.3 Å². The molecule has 13 heteroatoms. The van der Waals surface area contributed by atoms with E-state index in [-0.39, 0.29) is 24.3 Å². The van der Waals surface area contributed by atoms with Crippen LogP contribution in [0.1, 0.15) is 50.9 Å². The van der Waals surface area contributed by atoms with Crippen LogP contribution in [0.4, 0.5) is 18.0 Å². The second-order valence-corrected chi connectivity index (χ2v) is 12.4. The van der Waals surface area contributed by atoms with Crippen LogP contribution in [0.2, 0.25) is 5.02 Å². The zero-order valence-electron chi connectivity index (χ0n) is 25.2. The average molecular weight is 645 g/mol. The summed E-state index contributed by atoms with van der Waals surface area (Å²) in [7, 11) is 1.51. The Bertz CT molecular complexity index is 1660. The molecule has 3 amide bonds. The smallest absolute Gasteiger partial charge is 0.422 e. The summed E-state index contributed by atoms with van der Waals surface area (Å²) < 4.78 is 56.3. The van der Waals surface area contributed by atoms with Gasteiger partial charge in [0.2, 0.25) is 5.91 Å². The zero-order valence-corrected chi connectivity index (χ0v) is 26.0. The Hall–Kier alpha value is -4.03. The van der Waals surface area contributed by atoms with Gasteiger partial charge in [0.05, 0.1) is 23.5 Å². The molecule has 0 saturated carbocycles. The SMILES string of the molecule is COC1(C)C=C(OC(C)C)C2(C)C3=NC(c4cccc(OCC(F)(F)F)c4)C(c4ccc(Cl)cc4)N3C(=O)N3CC(=O)NC1=C32. The van der Waals surface area contributed by atoms with Gasteiger partial charge in [-0.25, -0.2) is 4.79 Å². The van der Waals surface area contributed by atoms with Crippen LogP contribution in [0.15, 0.2) is 76.8 Å². The zero-order chi connectivity index (χ0) is 32.5. The number of halogens is 4. The molecule has 1 N–H and O–H groups in total. The number of methoxy groups -OCH3 is 1. The largest absolute Gasteiger partial charge is 0.494 e. The van der Waals surface area contributed by atoms with Gasteiger partial charge >= 0.3 is 12.2 Å². The molecule has 4 aliphatic rings. The molecular weight excluding hydrogens is 613 g/mol. The summed E-state index contributed by atoms with van der Waals surface area (Å²) in [5.41, 5.74) is -0.185. The molecule has 1 aliphatic carbocycles. The molecule has 45 heavy (non-hydrogen) atoms. The number of fused-ring (bicyclic) bond motifs is 2. The van der Waals surface area contributed by atoms with Crippen LogP contribution in [0.5, 0.6) is 5.75 Å². The predicted molar refractivity (Wildman–Crippen MR) is 159 cm³/mol. The van der Waals surface area contributed by atoms with Crippen molar-refractivity contribution in [1.29, 1.82) is 0 Å². The predicted octanol–water partition coefficient (Wildman–Crippen LogP) is 6.29. The van der Waals surface area contributed by atoms with Crippen LogP contribution in [0, 0.1) is 5.41 Å². The molecule has 238 valence electrons. The number of nitrogens with zero attached hydrogens (tertiary/aromatic N) is 3. The number of alkyl halides is 3. The first kappa shape index (κ1) is 31.0. The topological polar surface area (TPSA) is 92.7 Å². The summed E-state index contributed by atoms with van der Waals surface area (Å²) in [4.78, 5) is 35.8. The third-order valence-corrected chi connectivity index (χ3v) is 8.75. The first-order chi connectivity index (χ1) is 21.2. The van der Waals surface area contributed by atoms with E-state index in [1.807, 2.05) is 20.8 Å². The Balaban J connectivity index is 1.57. The monoisotopic (exact) mass is 644 g/mol. The second kappa shape index (κ2) is 10.8. The van der Waals surface area contributed by atoms with Crippen molar-refractivity contribution >= 4 is 29.4 Å². The molecule has 0 spiro atoms. The van der Waals surface area contributed by atoms with E-state index in [1.165, 1.54) is 24.1 Å². The number of hydrogen-bond donors (Lipinski definition) is 1. The maximum absolute atomic E-state index is 14.6. The summed E-state index contributed by atoms with van der Waals surface area (Å²) in [6.45, 7) is 5.73. The number of aliphatic imine (C=N–C) groups is 1. The molecule has 0 bridgehead atoms. The second-order valence-electron chi connectivity index (χ2n) is 12.0. The Morgan fingerprint density at radius 2 is 1.82 bits per heavy atom. The number of amides is 3. The number of benzene rings is 2. The number of carbonyl (C=O) groups is 2. The Morgan fingerprint density at radius 1 is 1.11 bits per heavy atom. The summed E-state index contributed by atoms with van der Waals surface area (Å²) in [5.74, 6) is 0.472. The standard InChI is InChI=1S/C32H32ClF3N4O5/c1-17(2)45-22-14-30(3,43-5)26-27-31(22,4)28-38-24(19-7-6-8-21(13-19)44-16-32(34,35)36)25(18-9-11-20(33)12-10-18)40(28)29(42)39(27)15-23(41)37-26/h6-14,17,24-25H,15-16H2,1-5H3,(H,37,41). The van der Waals surface area contributed by atoms with Crippen LogP contribution in [-0.4, -0.2) is 65.7 Å². The number of rotatable bonds is 7. The van der Waals surface area contributed by atoms with Crippen LogP contribution in [0.3, 0.4) is 0 Å². The summed E-state index contributed by atoms with van der Waals surface area (Å²) in [6, 6.07) is 11.2. The lowest BCUT2D eigenvalue weighted by Gasteiger charge is -2.54. The van der Waals surface area contributed by atoms with Crippen molar-refractivity contribution in [1.82, 2.24) is 15.1 Å². The molecule has 3 aliphatic heterocycles. The van der Waals surface area contributed by atoms with Crippen LogP contribution >= 0.6 is 11.6 Å². The molecule has 2 aromatic carbocycles. The number of nitrogens with one attached hydrogen (secondary N) is 1. The van der Waals surface area contributed by atoms with E-state index in [1.54, 1.807) is 54.3 Å². The quantitative estimate of drug-likeness (QED) is 0.383. The maximum Gasteiger partial charge on any atom is 0.422 e. The van der Waals surface area contributed by atoms with Gasteiger partial charge in [0.25, 0.3) is 0 Å². The van der Waals surface area contributed by atoms with Gasteiger partial charge in [0.1, 0.15) is 40.9 Å². The Labute approximate surface area is 263 Å². The highest BCUT2D eigenvalue weighted by Gasteiger charge is 2.63. The molecule has 9 nitrogen and oxygen atoms in total. The molecule has 0 aromatic heterocycles. The molecule has 4 atom stereocenters. The van der Waals surface area contributed by atoms with E-state index in [0.29, 0.717) is 39.1 Å². The van der Waals surface area contributed by atoms with Crippen LogP contribution in [0.25, 0.3) is 0 Å². The van der Waals surface area contributed by atoms with Crippen molar-refractivity contribution in [2.45, 2.75) is 57.7 Å². The number of ether oxygens (including phenoxy) is 3. The molecule has 1 fully saturated rings. The first-order valence-electron chi connectivity index (χ1n) is 14.4. The normalized spacial score (nSPS) is 27.6. The molecule has 1 saturated heterocycles. The number of amidine groups is 1. The van der Waals surface area contributed by atoms with Gasteiger partial charge in [-0.05, 0) is 69.2 Å². The van der Waals surface area contributed by atoms with E-state index >= 15 is 0 Å². The maximum atomic E-state index is 14.6. The highest BCUT2D eigenvalue weighted by atomic mass is 35.5. The van der Waals surface area contributed by atoms with Crippen molar-refractivity contribution in [3.05, 3.63) is 87.9 Å². The van der Waals surface area contributed by atoms with Crippen molar-refractivity contribution in [3.63, 3.8) is 0 Å². The minimum atomic E-state index is -4.52. The average Bonchev–Trinajstić information content (AvgIpc) is 3.39. The number of urea groups is 1. The first-order valence-corrected chi connectivity index (χ1v) is 14.8. The van der Waals surface area contributed by atoms with E-state index in [0.717, 1.165) is 0 Å². The van der Waals surface area contributed by atoms with Gasteiger partial charge in [-0.2, -0.15) is 13.2 Å². The van der Waals surface area contributed by atoms with E-state index < -0.39 is 41.9 Å². The lowest BCUT2D eigenvalue weighted by Crippen LogP contribution is -2.66. The van der Waals surface area contributed by atoms with E-state index in [9.17, 15) is 22.8 Å². The van der Waals surface area contributed by atoms with Crippen molar-refractivity contribution < 1.29 is 37.0 Å².